The largest absolute Gasteiger partial charge is 0.375 e. The number of hydrogen-bond acceptors (Lipinski definition) is 1. The lowest BCUT2D eigenvalue weighted by Crippen LogP contribution is -2.16. The van der Waals surface area contributed by atoms with Crippen molar-refractivity contribution in [3.63, 3.8) is 0 Å². The van der Waals surface area contributed by atoms with Gasteiger partial charge in [-0.3, -0.25) is 0 Å². The van der Waals surface area contributed by atoms with Crippen molar-refractivity contribution in [1.29, 1.82) is 0 Å². The lowest BCUT2D eigenvalue weighted by molar-refractivity contribution is 0.197. The number of allylic oxidation sites excluding steroid dienone is 2. The molecule has 0 radical (unpaired) electrons. The molecule has 50 valence electrons. The molecule has 1 N–H and O–H groups in total. The summed E-state index contributed by atoms with van der Waals surface area (Å²) in [5.74, 6) is 0. The van der Waals surface area contributed by atoms with E-state index in [2.05, 4.69) is 15.9 Å². The van der Waals surface area contributed by atoms with E-state index in [1.54, 1.807) is 18.2 Å². The fourth-order valence-corrected chi connectivity index (χ4v) is 1.02. The summed E-state index contributed by atoms with van der Waals surface area (Å²) in [6.07, 6.45) is 5.58. The van der Waals surface area contributed by atoms with Crippen molar-refractivity contribution in [1.82, 2.24) is 0 Å². The Hall–Kier alpha value is 0.210. The third kappa shape index (κ3) is 2.12. The molecular formula is C6H6BrClO. The van der Waals surface area contributed by atoms with E-state index in [0.717, 1.165) is 0 Å². The molecule has 0 saturated heterocycles. The minimum Gasteiger partial charge on any atom is -0.375 e. The van der Waals surface area contributed by atoms with Crippen LogP contribution < -0.4 is 0 Å². The smallest absolute Gasteiger partial charge is 0.141 e. The van der Waals surface area contributed by atoms with Crippen molar-refractivity contribution in [2.75, 3.05) is 0 Å². The maximum absolute atomic E-state index is 9.22. The monoisotopic (exact) mass is 208 g/mol. The van der Waals surface area contributed by atoms with E-state index in [9.17, 15) is 5.11 Å². The second-order valence-corrected chi connectivity index (χ2v) is 3.75. The van der Waals surface area contributed by atoms with Crippen LogP contribution in [0.1, 0.15) is 6.42 Å². The Balaban J connectivity index is 2.70. The Kier molecular flexibility index (Phi) is 1.99. The van der Waals surface area contributed by atoms with E-state index in [4.69, 9.17) is 11.6 Å². The predicted molar refractivity (Wildman–Crippen MR) is 41.6 cm³/mol. The topological polar surface area (TPSA) is 20.2 Å². The van der Waals surface area contributed by atoms with Gasteiger partial charge in [0.1, 0.15) is 4.51 Å². The fraction of sp³-hybridized carbons (Fsp3) is 0.333. The Morgan fingerprint density at radius 2 is 2.44 bits per heavy atom. The average Bonchev–Trinajstić information content (AvgIpc) is 1.78. The summed E-state index contributed by atoms with van der Waals surface area (Å²) in [7, 11) is 0. The highest BCUT2D eigenvalue weighted by atomic mass is 79.9. The summed E-state index contributed by atoms with van der Waals surface area (Å²) >= 11 is 8.67. The maximum atomic E-state index is 9.22. The SMILES string of the molecule is OC1(Br)C=CC(Cl)=CC1. The lowest BCUT2D eigenvalue weighted by atomic mass is 10.1. The first-order valence-electron chi connectivity index (χ1n) is 2.56. The average molecular weight is 209 g/mol. The molecule has 1 nitrogen and oxygen atoms in total. The van der Waals surface area contributed by atoms with Crippen LogP contribution in [0.4, 0.5) is 0 Å². The van der Waals surface area contributed by atoms with Crippen LogP contribution in [0.2, 0.25) is 0 Å². The quantitative estimate of drug-likeness (QED) is 0.606. The van der Waals surface area contributed by atoms with Gasteiger partial charge in [-0.05, 0) is 28.1 Å². The standard InChI is InChI=1S/C6H6BrClO/c7-6(9)3-1-5(8)2-4-6/h1-3,9H,4H2. The molecule has 1 unspecified atom stereocenters. The molecule has 1 atom stereocenters. The number of rotatable bonds is 0. The predicted octanol–water partition coefficient (Wildman–Crippen LogP) is 2.15. The summed E-state index contributed by atoms with van der Waals surface area (Å²) < 4.78 is -0.870. The Morgan fingerprint density at radius 3 is 2.78 bits per heavy atom. The van der Waals surface area contributed by atoms with Gasteiger partial charge in [0.05, 0.1) is 0 Å². The van der Waals surface area contributed by atoms with Gasteiger partial charge in [0.25, 0.3) is 0 Å². The summed E-state index contributed by atoms with van der Waals surface area (Å²) in [6.45, 7) is 0. The first-order valence-corrected chi connectivity index (χ1v) is 3.73. The van der Waals surface area contributed by atoms with E-state index in [1.807, 2.05) is 0 Å². The molecule has 0 bridgehead atoms. The molecule has 3 heteroatoms. The van der Waals surface area contributed by atoms with Crippen LogP contribution >= 0.6 is 27.5 Å². The lowest BCUT2D eigenvalue weighted by Gasteiger charge is -2.16. The molecule has 0 aromatic carbocycles. The summed E-state index contributed by atoms with van der Waals surface area (Å²) in [5, 5.41) is 9.90. The van der Waals surface area contributed by atoms with Crippen molar-refractivity contribution in [2.24, 2.45) is 0 Å². The molecule has 0 aliphatic heterocycles. The van der Waals surface area contributed by atoms with Crippen LogP contribution in [0, 0.1) is 0 Å². The fourth-order valence-electron chi connectivity index (χ4n) is 0.584. The highest BCUT2D eigenvalue weighted by Crippen LogP contribution is 2.27. The Labute approximate surface area is 67.1 Å². The van der Waals surface area contributed by atoms with Crippen LogP contribution in [0.3, 0.4) is 0 Å². The first-order chi connectivity index (χ1) is 4.10. The molecule has 0 saturated carbocycles. The Morgan fingerprint density at radius 1 is 1.78 bits per heavy atom. The van der Waals surface area contributed by atoms with Gasteiger partial charge in [-0.25, -0.2) is 0 Å². The molecule has 0 heterocycles. The maximum Gasteiger partial charge on any atom is 0.141 e. The molecule has 0 aromatic heterocycles. The van der Waals surface area contributed by atoms with Crippen molar-refractivity contribution in [2.45, 2.75) is 10.9 Å². The normalized spacial score (nSPS) is 34.3. The van der Waals surface area contributed by atoms with E-state index >= 15 is 0 Å². The van der Waals surface area contributed by atoms with Crippen molar-refractivity contribution >= 4 is 27.5 Å². The van der Waals surface area contributed by atoms with E-state index in [-0.39, 0.29) is 0 Å². The molecule has 1 aliphatic rings. The highest BCUT2D eigenvalue weighted by molar-refractivity contribution is 9.10. The number of hydrogen-bond donors (Lipinski definition) is 1. The minimum absolute atomic E-state index is 0.530. The van der Waals surface area contributed by atoms with Gasteiger partial charge in [-0.1, -0.05) is 17.7 Å². The summed E-state index contributed by atoms with van der Waals surface area (Å²) in [6, 6.07) is 0. The van der Waals surface area contributed by atoms with Gasteiger partial charge < -0.3 is 5.11 Å². The molecular weight excluding hydrogens is 203 g/mol. The van der Waals surface area contributed by atoms with Crippen LogP contribution in [0.5, 0.6) is 0 Å². The molecule has 1 aliphatic carbocycles. The second kappa shape index (κ2) is 2.45. The zero-order valence-corrected chi connectivity index (χ0v) is 6.98. The van der Waals surface area contributed by atoms with Crippen LogP contribution in [-0.2, 0) is 0 Å². The molecule has 0 aromatic rings. The van der Waals surface area contributed by atoms with Gasteiger partial charge in [-0.15, -0.1) is 0 Å². The minimum atomic E-state index is -0.870. The van der Waals surface area contributed by atoms with Gasteiger partial charge in [0.15, 0.2) is 0 Å². The third-order valence-electron chi connectivity index (χ3n) is 1.08. The van der Waals surface area contributed by atoms with Crippen molar-refractivity contribution < 1.29 is 5.11 Å². The van der Waals surface area contributed by atoms with Crippen LogP contribution in [-0.4, -0.2) is 9.62 Å². The van der Waals surface area contributed by atoms with Crippen LogP contribution in [0.15, 0.2) is 23.3 Å². The van der Waals surface area contributed by atoms with E-state index in [0.29, 0.717) is 11.5 Å². The van der Waals surface area contributed by atoms with E-state index < -0.39 is 4.51 Å². The highest BCUT2D eigenvalue weighted by Gasteiger charge is 2.19. The van der Waals surface area contributed by atoms with E-state index in [1.165, 1.54) is 0 Å². The van der Waals surface area contributed by atoms with Crippen LogP contribution in [0.25, 0.3) is 0 Å². The van der Waals surface area contributed by atoms with Crippen molar-refractivity contribution in [3.05, 3.63) is 23.3 Å². The third-order valence-corrected chi connectivity index (χ3v) is 1.95. The molecule has 9 heavy (non-hydrogen) atoms. The molecule has 0 spiro atoms. The van der Waals surface area contributed by atoms with Crippen molar-refractivity contribution in [3.8, 4) is 0 Å². The summed E-state index contributed by atoms with van der Waals surface area (Å²) in [4.78, 5) is 0. The number of halogens is 2. The molecule has 0 amide bonds. The zero-order valence-electron chi connectivity index (χ0n) is 4.64. The molecule has 1 rings (SSSR count). The number of alkyl halides is 1. The summed E-state index contributed by atoms with van der Waals surface area (Å²) in [5.41, 5.74) is 0. The number of aliphatic hydroxyl groups is 1. The first kappa shape index (κ1) is 7.32. The Bertz CT molecular complexity index is 172. The van der Waals surface area contributed by atoms with Gasteiger partial charge in [-0.2, -0.15) is 0 Å². The zero-order chi connectivity index (χ0) is 6.91. The van der Waals surface area contributed by atoms with Gasteiger partial charge in [0.2, 0.25) is 0 Å². The van der Waals surface area contributed by atoms with Gasteiger partial charge in [0, 0.05) is 11.5 Å². The van der Waals surface area contributed by atoms with Gasteiger partial charge >= 0.3 is 0 Å². The molecule has 0 fully saturated rings. The second-order valence-electron chi connectivity index (χ2n) is 1.95.